The number of carbonyl (C=O) groups is 2. The van der Waals surface area contributed by atoms with Gasteiger partial charge in [0, 0.05) is 29.0 Å². The standard InChI is InChI=1S/C29H30N2O2/c32-27(30-25-10-3-1-4-11-25)22-13-15-23(16-14-22)28(33)31-20-19-29(17-7-2-8-18-29)21-24-9-5-6-12-26(24)31/h1,3-6,9-16H,2,7-8,17-21H2,(H,30,32). The number of nitrogens with zero attached hydrogens (tertiary/aromatic N) is 1. The Bertz CT molecular complexity index is 1130. The SMILES string of the molecule is O=C(Nc1ccccc1)c1ccc(C(=O)N2CCC3(CCCCC3)Cc3ccccc32)cc1. The minimum Gasteiger partial charge on any atom is -0.322 e. The molecule has 1 aliphatic carbocycles. The van der Waals surface area contributed by atoms with Crippen LogP contribution in [-0.4, -0.2) is 18.4 Å². The molecule has 0 aromatic heterocycles. The van der Waals surface area contributed by atoms with Crippen LogP contribution >= 0.6 is 0 Å². The van der Waals surface area contributed by atoms with Crippen molar-refractivity contribution >= 4 is 23.2 Å². The molecule has 0 unspecified atom stereocenters. The van der Waals surface area contributed by atoms with Crippen LogP contribution in [0.15, 0.2) is 78.9 Å². The quantitative estimate of drug-likeness (QED) is 0.509. The fourth-order valence-electron chi connectivity index (χ4n) is 5.47. The molecular formula is C29H30N2O2. The highest BCUT2D eigenvalue weighted by Gasteiger charge is 2.37. The molecule has 1 spiro atoms. The van der Waals surface area contributed by atoms with Crippen LogP contribution in [0, 0.1) is 5.41 Å². The van der Waals surface area contributed by atoms with Crippen LogP contribution in [0.5, 0.6) is 0 Å². The zero-order valence-corrected chi connectivity index (χ0v) is 18.9. The van der Waals surface area contributed by atoms with Crippen molar-refractivity contribution < 1.29 is 9.59 Å². The highest BCUT2D eigenvalue weighted by Crippen LogP contribution is 2.46. The van der Waals surface area contributed by atoms with E-state index in [1.54, 1.807) is 24.3 Å². The Morgan fingerprint density at radius 3 is 2.15 bits per heavy atom. The molecule has 1 heterocycles. The number of anilines is 2. The van der Waals surface area contributed by atoms with Crippen molar-refractivity contribution in [3.05, 3.63) is 95.6 Å². The second-order valence-corrected chi connectivity index (χ2v) is 9.47. The Balaban J connectivity index is 1.36. The second-order valence-electron chi connectivity index (χ2n) is 9.47. The zero-order valence-electron chi connectivity index (χ0n) is 18.9. The van der Waals surface area contributed by atoms with Gasteiger partial charge in [0.2, 0.25) is 0 Å². The van der Waals surface area contributed by atoms with Gasteiger partial charge in [0.05, 0.1) is 0 Å². The largest absolute Gasteiger partial charge is 0.322 e. The Morgan fingerprint density at radius 1 is 0.727 bits per heavy atom. The molecule has 3 aromatic carbocycles. The lowest BCUT2D eigenvalue weighted by molar-refractivity contribution is 0.0978. The van der Waals surface area contributed by atoms with E-state index < -0.39 is 0 Å². The Hall–Kier alpha value is -3.40. The molecule has 1 fully saturated rings. The third-order valence-electron chi connectivity index (χ3n) is 7.30. The Kier molecular flexibility index (Phi) is 5.99. The minimum atomic E-state index is -0.181. The molecule has 1 saturated carbocycles. The molecule has 3 aromatic rings. The number of fused-ring (bicyclic) bond motifs is 1. The molecule has 2 aliphatic rings. The number of amides is 2. The van der Waals surface area contributed by atoms with E-state index in [2.05, 4.69) is 23.5 Å². The van der Waals surface area contributed by atoms with E-state index in [1.807, 2.05) is 41.3 Å². The van der Waals surface area contributed by atoms with Crippen LogP contribution in [0.2, 0.25) is 0 Å². The van der Waals surface area contributed by atoms with Crippen LogP contribution in [0.25, 0.3) is 0 Å². The zero-order chi connectivity index (χ0) is 22.7. The van der Waals surface area contributed by atoms with E-state index in [0.717, 1.165) is 30.8 Å². The van der Waals surface area contributed by atoms with Crippen LogP contribution in [0.3, 0.4) is 0 Å². The van der Waals surface area contributed by atoms with Gasteiger partial charge in [-0.25, -0.2) is 0 Å². The third kappa shape index (κ3) is 4.56. The number of hydrogen-bond acceptors (Lipinski definition) is 2. The smallest absolute Gasteiger partial charge is 0.258 e. The fraction of sp³-hybridized carbons (Fsp3) is 0.310. The molecule has 0 bridgehead atoms. The van der Waals surface area contributed by atoms with Crippen molar-refractivity contribution in [2.75, 3.05) is 16.8 Å². The molecule has 0 radical (unpaired) electrons. The van der Waals surface area contributed by atoms with Gasteiger partial charge in [0.1, 0.15) is 0 Å². The summed E-state index contributed by atoms with van der Waals surface area (Å²) in [4.78, 5) is 28.1. The van der Waals surface area contributed by atoms with Crippen LogP contribution in [0.1, 0.15) is 64.8 Å². The maximum absolute atomic E-state index is 13.6. The first kappa shape index (κ1) is 21.4. The molecule has 0 saturated heterocycles. The topological polar surface area (TPSA) is 49.4 Å². The van der Waals surface area contributed by atoms with Gasteiger partial charge in [-0.15, -0.1) is 0 Å². The Labute approximate surface area is 195 Å². The van der Waals surface area contributed by atoms with E-state index in [4.69, 9.17) is 0 Å². The van der Waals surface area contributed by atoms with E-state index in [9.17, 15) is 9.59 Å². The highest BCUT2D eigenvalue weighted by atomic mass is 16.2. The molecule has 4 nitrogen and oxygen atoms in total. The number of nitrogens with one attached hydrogen (secondary N) is 1. The molecule has 0 atom stereocenters. The van der Waals surface area contributed by atoms with Crippen molar-refractivity contribution in [3.63, 3.8) is 0 Å². The van der Waals surface area contributed by atoms with E-state index in [1.165, 1.54) is 37.7 Å². The van der Waals surface area contributed by atoms with Crippen molar-refractivity contribution in [1.29, 1.82) is 0 Å². The highest BCUT2D eigenvalue weighted by molar-refractivity contribution is 6.08. The fourth-order valence-corrected chi connectivity index (χ4v) is 5.47. The lowest BCUT2D eigenvalue weighted by Crippen LogP contribution is -2.34. The van der Waals surface area contributed by atoms with Gasteiger partial charge < -0.3 is 10.2 Å². The summed E-state index contributed by atoms with van der Waals surface area (Å²) in [6.45, 7) is 0.742. The van der Waals surface area contributed by atoms with Crippen LogP contribution in [0.4, 0.5) is 11.4 Å². The number of rotatable bonds is 3. The molecule has 168 valence electrons. The van der Waals surface area contributed by atoms with Crippen molar-refractivity contribution in [2.45, 2.75) is 44.9 Å². The van der Waals surface area contributed by atoms with Crippen molar-refractivity contribution in [2.24, 2.45) is 5.41 Å². The molecular weight excluding hydrogens is 408 g/mol. The van der Waals surface area contributed by atoms with E-state index in [0.29, 0.717) is 16.5 Å². The number of para-hydroxylation sites is 2. The summed E-state index contributed by atoms with van der Waals surface area (Å²) in [5, 5.41) is 2.89. The van der Waals surface area contributed by atoms with Crippen LogP contribution in [-0.2, 0) is 6.42 Å². The van der Waals surface area contributed by atoms with Gasteiger partial charge >= 0.3 is 0 Å². The molecule has 5 rings (SSSR count). The summed E-state index contributed by atoms with van der Waals surface area (Å²) in [5.41, 5.74) is 4.54. The monoisotopic (exact) mass is 438 g/mol. The van der Waals surface area contributed by atoms with Gasteiger partial charge in [-0.05, 0) is 79.1 Å². The Morgan fingerprint density at radius 2 is 1.39 bits per heavy atom. The maximum atomic E-state index is 13.6. The first-order valence-corrected chi connectivity index (χ1v) is 12.0. The first-order chi connectivity index (χ1) is 16.1. The summed E-state index contributed by atoms with van der Waals surface area (Å²) in [6, 6.07) is 24.8. The molecule has 2 amide bonds. The van der Waals surface area contributed by atoms with Gasteiger partial charge in [0.25, 0.3) is 11.8 Å². The average molecular weight is 439 g/mol. The van der Waals surface area contributed by atoms with Crippen molar-refractivity contribution in [3.8, 4) is 0 Å². The summed E-state index contributed by atoms with van der Waals surface area (Å²) < 4.78 is 0. The van der Waals surface area contributed by atoms with Gasteiger partial charge in [-0.2, -0.15) is 0 Å². The number of benzene rings is 3. The maximum Gasteiger partial charge on any atom is 0.258 e. The van der Waals surface area contributed by atoms with Crippen LogP contribution < -0.4 is 10.2 Å². The summed E-state index contributed by atoms with van der Waals surface area (Å²) in [7, 11) is 0. The normalized spacial score (nSPS) is 17.2. The summed E-state index contributed by atoms with van der Waals surface area (Å²) >= 11 is 0. The van der Waals surface area contributed by atoms with E-state index in [-0.39, 0.29) is 11.8 Å². The predicted octanol–water partition coefficient (Wildman–Crippen LogP) is 6.48. The predicted molar refractivity (Wildman–Crippen MR) is 133 cm³/mol. The number of hydrogen-bond donors (Lipinski definition) is 1. The second kappa shape index (κ2) is 9.22. The third-order valence-corrected chi connectivity index (χ3v) is 7.30. The van der Waals surface area contributed by atoms with Gasteiger partial charge in [0.15, 0.2) is 0 Å². The van der Waals surface area contributed by atoms with Gasteiger partial charge in [-0.1, -0.05) is 55.7 Å². The van der Waals surface area contributed by atoms with Crippen molar-refractivity contribution in [1.82, 2.24) is 0 Å². The van der Waals surface area contributed by atoms with Gasteiger partial charge in [-0.3, -0.25) is 9.59 Å². The summed E-state index contributed by atoms with van der Waals surface area (Å²) in [6.07, 6.45) is 8.54. The lowest BCUT2D eigenvalue weighted by atomic mass is 9.69. The molecule has 33 heavy (non-hydrogen) atoms. The minimum absolute atomic E-state index is 0.00493. The molecule has 4 heteroatoms. The molecule has 1 aliphatic heterocycles. The molecule has 1 N–H and O–H groups in total. The lowest BCUT2D eigenvalue weighted by Gasteiger charge is -2.36. The average Bonchev–Trinajstić information content (AvgIpc) is 3.01. The summed E-state index contributed by atoms with van der Waals surface area (Å²) in [5.74, 6) is -0.176. The van der Waals surface area contributed by atoms with E-state index >= 15 is 0 Å². The first-order valence-electron chi connectivity index (χ1n) is 12.0. The number of carbonyl (C=O) groups excluding carboxylic acids is 2.